The van der Waals surface area contributed by atoms with Crippen LogP contribution >= 0.6 is 34.7 Å². The average Bonchev–Trinajstić information content (AvgIpc) is 3.22. The van der Waals surface area contributed by atoms with Gasteiger partial charge in [-0.15, -0.1) is 10.2 Å². The van der Waals surface area contributed by atoms with Crippen LogP contribution in [-0.4, -0.2) is 31.4 Å². The van der Waals surface area contributed by atoms with Gasteiger partial charge in [-0.3, -0.25) is 14.6 Å². The van der Waals surface area contributed by atoms with Gasteiger partial charge < -0.3 is 5.32 Å². The fourth-order valence-electron chi connectivity index (χ4n) is 2.73. The Morgan fingerprint density at radius 3 is 2.68 bits per heavy atom. The molecule has 0 radical (unpaired) electrons. The maximum absolute atomic E-state index is 12.5. The summed E-state index contributed by atoms with van der Waals surface area (Å²) in [7, 11) is 0. The van der Waals surface area contributed by atoms with E-state index in [4.69, 9.17) is 11.6 Å². The van der Waals surface area contributed by atoms with E-state index in [1.54, 1.807) is 24.3 Å². The fourth-order valence-corrected chi connectivity index (χ4v) is 4.57. The third-order valence-corrected chi connectivity index (χ3v) is 6.37. The van der Waals surface area contributed by atoms with Crippen LogP contribution in [0.2, 0.25) is 5.02 Å². The lowest BCUT2D eigenvalue weighted by atomic mass is 10.2. The van der Waals surface area contributed by atoms with Crippen LogP contribution in [-0.2, 0) is 4.79 Å². The van der Waals surface area contributed by atoms with Gasteiger partial charge in [-0.1, -0.05) is 71.1 Å². The number of benzene rings is 2. The molecule has 2 aromatic heterocycles. The minimum absolute atomic E-state index is 0.0277. The first kappa shape index (κ1) is 21.0. The summed E-state index contributed by atoms with van der Waals surface area (Å²) in [6.45, 7) is 0. The van der Waals surface area contributed by atoms with E-state index in [0.29, 0.717) is 15.0 Å². The number of halogens is 1. The molecule has 0 atom stereocenters. The highest BCUT2D eigenvalue weighted by Crippen LogP contribution is 2.29. The molecule has 2 aromatic carbocycles. The fraction of sp³-hybridized carbons (Fsp3) is 0.0500. The molecule has 11 heteroatoms. The van der Waals surface area contributed by atoms with Gasteiger partial charge in [0.2, 0.25) is 5.91 Å². The van der Waals surface area contributed by atoms with Gasteiger partial charge in [0, 0.05) is 16.7 Å². The van der Waals surface area contributed by atoms with Crippen molar-refractivity contribution >= 4 is 46.4 Å². The van der Waals surface area contributed by atoms with Crippen LogP contribution in [0.3, 0.4) is 0 Å². The second-order valence-electron chi connectivity index (χ2n) is 6.22. The topological polar surface area (TPSA) is 110 Å². The highest BCUT2D eigenvalue weighted by molar-refractivity contribution is 8.01. The number of thioether (sulfide) groups is 1. The van der Waals surface area contributed by atoms with Gasteiger partial charge in [-0.25, -0.2) is 9.36 Å². The molecule has 0 fully saturated rings. The van der Waals surface area contributed by atoms with E-state index in [-0.39, 0.29) is 11.6 Å². The molecule has 4 aromatic rings. The number of nitrogens with zero attached hydrogens (tertiary/aromatic N) is 3. The number of hydrogen-bond donors (Lipinski definition) is 2. The summed E-state index contributed by atoms with van der Waals surface area (Å²) in [6, 6.07) is 17.3. The Hall–Kier alpha value is -3.21. The molecule has 0 spiro atoms. The molecule has 156 valence electrons. The summed E-state index contributed by atoms with van der Waals surface area (Å²) in [4.78, 5) is 38.8. The monoisotopic (exact) mass is 471 g/mol. The average molecular weight is 472 g/mol. The second kappa shape index (κ2) is 9.29. The van der Waals surface area contributed by atoms with Crippen molar-refractivity contribution in [3.63, 3.8) is 0 Å². The van der Waals surface area contributed by atoms with Gasteiger partial charge in [-0.2, -0.15) is 0 Å². The van der Waals surface area contributed by atoms with Crippen LogP contribution < -0.4 is 16.6 Å². The number of anilines is 1. The van der Waals surface area contributed by atoms with Crippen molar-refractivity contribution in [1.82, 2.24) is 19.7 Å². The number of hydrogen-bond acceptors (Lipinski definition) is 7. The minimum atomic E-state index is -0.686. The van der Waals surface area contributed by atoms with Crippen molar-refractivity contribution in [1.29, 1.82) is 0 Å². The lowest BCUT2D eigenvalue weighted by Gasteiger charge is -2.13. The van der Waals surface area contributed by atoms with E-state index in [2.05, 4.69) is 20.5 Å². The lowest BCUT2D eigenvalue weighted by molar-refractivity contribution is -0.113. The van der Waals surface area contributed by atoms with Crippen molar-refractivity contribution in [2.75, 3.05) is 11.1 Å². The van der Waals surface area contributed by atoms with Gasteiger partial charge in [0.05, 0.1) is 11.4 Å². The summed E-state index contributed by atoms with van der Waals surface area (Å²) < 4.78 is 1.81. The molecule has 0 bridgehead atoms. The molecule has 2 N–H and O–H groups in total. The smallest absolute Gasteiger partial charge is 0.311 e. The van der Waals surface area contributed by atoms with Crippen molar-refractivity contribution in [2.24, 2.45) is 0 Å². The first-order chi connectivity index (χ1) is 15.0. The van der Waals surface area contributed by atoms with Crippen molar-refractivity contribution in [3.8, 4) is 16.3 Å². The molecule has 0 aliphatic rings. The molecule has 2 heterocycles. The Morgan fingerprint density at radius 1 is 1.10 bits per heavy atom. The van der Waals surface area contributed by atoms with E-state index in [1.807, 2.05) is 30.3 Å². The third kappa shape index (κ3) is 5.10. The van der Waals surface area contributed by atoms with Crippen LogP contribution in [0.15, 0.2) is 74.6 Å². The number of rotatable bonds is 6. The quantitative estimate of drug-likeness (QED) is 0.417. The maximum atomic E-state index is 12.5. The molecule has 31 heavy (non-hydrogen) atoms. The van der Waals surface area contributed by atoms with Crippen molar-refractivity contribution < 1.29 is 4.79 Å². The van der Waals surface area contributed by atoms with E-state index < -0.39 is 17.2 Å². The summed E-state index contributed by atoms with van der Waals surface area (Å²) >= 11 is 8.60. The normalized spacial score (nSPS) is 10.7. The highest BCUT2D eigenvalue weighted by atomic mass is 35.5. The molecule has 0 saturated heterocycles. The number of H-pyrrole nitrogens is 1. The molecule has 0 aliphatic heterocycles. The molecule has 8 nitrogen and oxygen atoms in total. The molecule has 4 rings (SSSR count). The number of carbonyl (C=O) groups is 1. The largest absolute Gasteiger partial charge is 0.334 e. The number of nitrogens with one attached hydrogen (secondary N) is 2. The van der Waals surface area contributed by atoms with Gasteiger partial charge in [0.1, 0.15) is 10.8 Å². The Balaban J connectivity index is 1.50. The van der Waals surface area contributed by atoms with Crippen LogP contribution in [0, 0.1) is 0 Å². The zero-order valence-corrected chi connectivity index (χ0v) is 18.1. The Labute approximate surface area is 188 Å². The van der Waals surface area contributed by atoms with Gasteiger partial charge in [0.15, 0.2) is 4.34 Å². The Morgan fingerprint density at radius 2 is 1.90 bits per heavy atom. The van der Waals surface area contributed by atoms with Crippen LogP contribution in [0.4, 0.5) is 5.82 Å². The van der Waals surface area contributed by atoms with Crippen LogP contribution in [0.1, 0.15) is 0 Å². The van der Waals surface area contributed by atoms with E-state index >= 15 is 0 Å². The van der Waals surface area contributed by atoms with Gasteiger partial charge in [-0.05, 0) is 18.2 Å². The summed E-state index contributed by atoms with van der Waals surface area (Å²) in [6.07, 6.45) is 0. The van der Waals surface area contributed by atoms with E-state index in [1.165, 1.54) is 27.7 Å². The first-order valence-corrected chi connectivity index (χ1v) is 11.1. The predicted octanol–water partition coefficient (Wildman–Crippen LogP) is 3.43. The zero-order valence-electron chi connectivity index (χ0n) is 15.7. The Bertz CT molecular complexity index is 1350. The SMILES string of the molecule is O=C(CSc1nnc(-c2ccccc2)s1)Nc1cc(=O)[nH]c(=O)n1-c1cccc(Cl)c1. The second-order valence-corrected chi connectivity index (χ2v) is 8.85. The highest BCUT2D eigenvalue weighted by Gasteiger charge is 2.14. The molecule has 0 aliphatic carbocycles. The number of amides is 1. The summed E-state index contributed by atoms with van der Waals surface area (Å²) in [5.74, 6) is -0.328. The standard InChI is InChI=1S/C20H14ClN5O3S2/c21-13-7-4-8-14(9-13)26-15(10-16(27)23-19(26)29)22-17(28)11-30-20-25-24-18(31-20)12-5-2-1-3-6-12/h1-10H,11H2,(H,22,28)(H,23,27,29). The molecular formula is C20H14ClN5O3S2. The number of aromatic nitrogens is 4. The first-order valence-electron chi connectivity index (χ1n) is 8.93. The molecule has 0 saturated carbocycles. The Kier molecular flexibility index (Phi) is 6.31. The molecule has 0 unspecified atom stereocenters. The van der Waals surface area contributed by atoms with E-state index in [9.17, 15) is 14.4 Å². The number of aromatic amines is 1. The third-order valence-electron chi connectivity index (χ3n) is 4.03. The number of carbonyl (C=O) groups excluding carboxylic acids is 1. The predicted molar refractivity (Wildman–Crippen MR) is 122 cm³/mol. The lowest BCUT2D eigenvalue weighted by Crippen LogP contribution is -2.32. The minimum Gasteiger partial charge on any atom is -0.311 e. The molecule has 1 amide bonds. The van der Waals surface area contributed by atoms with Gasteiger partial charge >= 0.3 is 5.69 Å². The molecular weight excluding hydrogens is 458 g/mol. The zero-order chi connectivity index (χ0) is 21.8. The van der Waals surface area contributed by atoms with Crippen LogP contribution in [0.25, 0.3) is 16.3 Å². The van der Waals surface area contributed by atoms with Crippen LogP contribution in [0.5, 0.6) is 0 Å². The summed E-state index contributed by atoms with van der Waals surface area (Å²) in [5, 5.41) is 12.0. The summed E-state index contributed by atoms with van der Waals surface area (Å²) in [5.41, 5.74) is 0.0517. The maximum Gasteiger partial charge on any atom is 0.334 e. The van der Waals surface area contributed by atoms with E-state index in [0.717, 1.165) is 16.6 Å². The van der Waals surface area contributed by atoms with Gasteiger partial charge in [0.25, 0.3) is 5.56 Å². The van der Waals surface area contributed by atoms with Crippen molar-refractivity contribution in [2.45, 2.75) is 4.34 Å². The van der Waals surface area contributed by atoms with Crippen molar-refractivity contribution in [3.05, 3.63) is 86.5 Å².